The van der Waals surface area contributed by atoms with Crippen LogP contribution in [-0.4, -0.2) is 91.4 Å². The average molecular weight is 502 g/mol. The predicted molar refractivity (Wildman–Crippen MR) is 132 cm³/mol. The molecule has 0 aromatic heterocycles. The number of aliphatic hydroxyl groups excluding tert-OH is 1. The Morgan fingerprint density at radius 2 is 1.91 bits per heavy atom. The summed E-state index contributed by atoms with van der Waals surface area (Å²) in [6.45, 7) is 11.7. The molecule has 0 spiro atoms. The minimum Gasteiger partial charge on any atom is -0.449 e. The fraction of sp³-hybridized carbons (Fsp3) is 0.652. The van der Waals surface area contributed by atoms with Gasteiger partial charge in [-0.15, -0.1) is 0 Å². The molecule has 1 unspecified atom stereocenters. The summed E-state index contributed by atoms with van der Waals surface area (Å²) in [6.07, 6.45) is -0.593. The zero-order valence-electron chi connectivity index (χ0n) is 20.0. The van der Waals surface area contributed by atoms with Crippen molar-refractivity contribution in [2.45, 2.75) is 38.0 Å². The predicted octanol–water partition coefficient (Wildman–Crippen LogP) is 3.55. The van der Waals surface area contributed by atoms with Gasteiger partial charge in [0.05, 0.1) is 25.5 Å². The number of hydrogen-bond acceptors (Lipinski definition) is 7. The number of β-amino-alcohol motifs (C(OH)–C–C–N with tert-alkyl or cyclic N) is 1. The first-order chi connectivity index (χ1) is 15.7. The van der Waals surface area contributed by atoms with Gasteiger partial charge in [-0.2, -0.15) is 0 Å². The number of piperazine rings is 1. The van der Waals surface area contributed by atoms with Gasteiger partial charge in [0.15, 0.2) is 0 Å². The van der Waals surface area contributed by atoms with Gasteiger partial charge >= 0.3 is 6.09 Å². The van der Waals surface area contributed by atoms with Crippen LogP contribution < -0.4 is 4.90 Å². The van der Waals surface area contributed by atoms with E-state index in [-0.39, 0.29) is 31.1 Å². The summed E-state index contributed by atoms with van der Waals surface area (Å²) < 4.78 is 11.2. The third-order valence-corrected chi connectivity index (χ3v) is 6.39. The van der Waals surface area contributed by atoms with Crippen molar-refractivity contribution < 1.29 is 24.2 Å². The molecule has 0 aliphatic carbocycles. The molecule has 10 heteroatoms. The molecule has 1 fully saturated rings. The Balaban J connectivity index is 2.20. The highest BCUT2D eigenvalue weighted by Crippen LogP contribution is 2.36. The normalized spacial score (nSPS) is 15.5. The van der Waals surface area contributed by atoms with Crippen molar-refractivity contribution in [1.29, 1.82) is 0 Å². The largest absolute Gasteiger partial charge is 0.449 e. The topological polar surface area (TPSA) is 82.6 Å². The molecule has 1 aromatic rings. The average Bonchev–Trinajstić information content (AvgIpc) is 2.78. The van der Waals surface area contributed by atoms with Crippen LogP contribution in [0.3, 0.4) is 0 Å². The third kappa shape index (κ3) is 8.98. The van der Waals surface area contributed by atoms with E-state index in [2.05, 4.69) is 18.7 Å². The molecule has 2 amide bonds. The van der Waals surface area contributed by atoms with Crippen LogP contribution in [0.25, 0.3) is 0 Å². The Hall–Kier alpha value is -1.52. The Kier molecular flexibility index (Phi) is 11.8. The molecule has 1 aliphatic rings. The molecule has 1 aromatic carbocycles. The fourth-order valence-electron chi connectivity index (χ4n) is 3.39. The van der Waals surface area contributed by atoms with E-state index in [0.717, 1.165) is 4.90 Å². The molecule has 1 atom stereocenters. The zero-order chi connectivity index (χ0) is 24.4. The van der Waals surface area contributed by atoms with Crippen molar-refractivity contribution in [3.63, 3.8) is 0 Å². The van der Waals surface area contributed by atoms with Crippen LogP contribution in [0.1, 0.15) is 27.7 Å². The molecule has 2 rings (SSSR count). The number of hydrogen-bond donors (Lipinski definition) is 1. The second-order valence-electron chi connectivity index (χ2n) is 8.26. The summed E-state index contributed by atoms with van der Waals surface area (Å²) >= 11 is 7.74. The van der Waals surface area contributed by atoms with Gasteiger partial charge in [-0.3, -0.25) is 14.6 Å². The van der Waals surface area contributed by atoms with Gasteiger partial charge in [0, 0.05) is 42.6 Å². The maximum atomic E-state index is 13.1. The number of carbonyl (C=O) groups excluding carboxylic acids is 2. The first-order valence-electron chi connectivity index (χ1n) is 11.4. The van der Waals surface area contributed by atoms with E-state index >= 15 is 0 Å². The number of amides is 2. The molecule has 0 bridgehead atoms. The van der Waals surface area contributed by atoms with Crippen molar-refractivity contribution in [2.75, 3.05) is 64.0 Å². The first-order valence-corrected chi connectivity index (χ1v) is 12.6. The maximum absolute atomic E-state index is 13.1. The lowest BCUT2D eigenvalue weighted by Crippen LogP contribution is -2.52. The molecule has 33 heavy (non-hydrogen) atoms. The van der Waals surface area contributed by atoms with Gasteiger partial charge in [0.25, 0.3) is 0 Å². The fourth-order valence-corrected chi connectivity index (χ4v) is 4.50. The van der Waals surface area contributed by atoms with E-state index in [0.29, 0.717) is 56.0 Å². The van der Waals surface area contributed by atoms with Crippen LogP contribution >= 0.6 is 23.4 Å². The van der Waals surface area contributed by atoms with Gasteiger partial charge in [-0.05, 0) is 38.0 Å². The van der Waals surface area contributed by atoms with Gasteiger partial charge in [0.2, 0.25) is 5.91 Å². The standard InChI is InChI=1S/C23H36ClN3O5S/c1-5-31-23(30)27(15-22(29)26-10-8-25(9-11-26)12-13-28)20-14-19(24)6-7-21(20)33-18(4)32-16-17(2)3/h6-7,14,17-18,28H,5,8-13,15-16H2,1-4H3. The summed E-state index contributed by atoms with van der Waals surface area (Å²) in [5.74, 6) is 0.246. The van der Waals surface area contributed by atoms with E-state index in [4.69, 9.17) is 26.2 Å². The van der Waals surface area contributed by atoms with Crippen LogP contribution in [0.4, 0.5) is 10.5 Å². The summed E-state index contributed by atoms with van der Waals surface area (Å²) in [7, 11) is 0. The minimum absolute atomic E-state index is 0.0963. The van der Waals surface area contributed by atoms with Gasteiger partial charge < -0.3 is 19.5 Å². The summed E-state index contributed by atoms with van der Waals surface area (Å²) in [4.78, 5) is 32.0. The van der Waals surface area contributed by atoms with Crippen LogP contribution in [0.2, 0.25) is 5.02 Å². The van der Waals surface area contributed by atoms with Crippen LogP contribution in [0.5, 0.6) is 0 Å². The highest BCUT2D eigenvalue weighted by Gasteiger charge is 2.28. The molecule has 8 nitrogen and oxygen atoms in total. The van der Waals surface area contributed by atoms with E-state index in [1.165, 1.54) is 16.7 Å². The second kappa shape index (κ2) is 14.0. The van der Waals surface area contributed by atoms with Crippen molar-refractivity contribution in [2.24, 2.45) is 5.92 Å². The number of nitrogens with zero attached hydrogens (tertiary/aromatic N) is 3. The molecule has 1 aliphatic heterocycles. The molecule has 1 saturated heterocycles. The third-order valence-electron chi connectivity index (χ3n) is 5.09. The number of benzene rings is 1. The Bertz CT molecular complexity index is 774. The number of aliphatic hydroxyl groups is 1. The number of rotatable bonds is 11. The molecule has 1 N–H and O–H groups in total. The maximum Gasteiger partial charge on any atom is 0.414 e. The van der Waals surface area contributed by atoms with Crippen LogP contribution in [0.15, 0.2) is 23.1 Å². The molecular weight excluding hydrogens is 466 g/mol. The zero-order valence-corrected chi connectivity index (χ0v) is 21.5. The summed E-state index contributed by atoms with van der Waals surface area (Å²) in [5.41, 5.74) is 0.380. The van der Waals surface area contributed by atoms with Gasteiger partial charge in [-0.25, -0.2) is 4.79 Å². The van der Waals surface area contributed by atoms with E-state index in [1.54, 1.807) is 24.0 Å². The smallest absolute Gasteiger partial charge is 0.414 e. The highest BCUT2D eigenvalue weighted by molar-refractivity contribution is 7.99. The minimum atomic E-state index is -0.593. The summed E-state index contributed by atoms with van der Waals surface area (Å²) in [5, 5.41) is 9.58. The monoisotopic (exact) mass is 501 g/mol. The van der Waals surface area contributed by atoms with Gasteiger partial charge in [-0.1, -0.05) is 37.2 Å². The molecule has 0 radical (unpaired) electrons. The molecular formula is C23H36ClN3O5S. The quantitative estimate of drug-likeness (QED) is 0.366. The number of thioether (sulfide) groups is 1. The number of ether oxygens (including phenoxy) is 2. The lowest BCUT2D eigenvalue weighted by Gasteiger charge is -2.35. The van der Waals surface area contributed by atoms with Crippen molar-refractivity contribution in [3.05, 3.63) is 23.2 Å². The second-order valence-corrected chi connectivity index (χ2v) is 10.0. The molecule has 1 heterocycles. The highest BCUT2D eigenvalue weighted by atomic mass is 35.5. The Morgan fingerprint density at radius 3 is 2.52 bits per heavy atom. The SMILES string of the molecule is CCOC(=O)N(CC(=O)N1CCN(CCO)CC1)c1cc(Cl)ccc1SC(C)OCC(C)C. The van der Waals surface area contributed by atoms with Crippen molar-refractivity contribution >= 4 is 41.1 Å². The number of anilines is 1. The Labute approximate surface area is 206 Å². The van der Waals surface area contributed by atoms with Crippen molar-refractivity contribution in [3.8, 4) is 0 Å². The van der Waals surface area contributed by atoms with Gasteiger partial charge in [0.1, 0.15) is 12.0 Å². The number of carbonyl (C=O) groups is 2. The molecule has 0 saturated carbocycles. The lowest BCUT2D eigenvalue weighted by atomic mass is 10.2. The van der Waals surface area contributed by atoms with Crippen LogP contribution in [0, 0.1) is 5.92 Å². The van der Waals surface area contributed by atoms with Crippen molar-refractivity contribution in [1.82, 2.24) is 9.80 Å². The molecule has 186 valence electrons. The van der Waals surface area contributed by atoms with E-state index < -0.39 is 6.09 Å². The first kappa shape index (κ1) is 27.7. The van der Waals surface area contributed by atoms with E-state index in [9.17, 15) is 9.59 Å². The number of halogens is 1. The summed E-state index contributed by atoms with van der Waals surface area (Å²) in [6, 6.07) is 5.28. The van der Waals surface area contributed by atoms with E-state index in [1.807, 2.05) is 13.0 Å². The lowest BCUT2D eigenvalue weighted by molar-refractivity contribution is -0.131. The Morgan fingerprint density at radius 1 is 1.21 bits per heavy atom. The van der Waals surface area contributed by atoms with Crippen LogP contribution in [-0.2, 0) is 14.3 Å².